The summed E-state index contributed by atoms with van der Waals surface area (Å²) >= 11 is 0. The van der Waals surface area contributed by atoms with Crippen LogP contribution in [-0.4, -0.2) is 35.9 Å². The molecule has 8 nitrogen and oxygen atoms in total. The lowest BCUT2D eigenvalue weighted by atomic mass is 10.2. The van der Waals surface area contributed by atoms with Crippen LogP contribution in [-0.2, 0) is 14.8 Å². The molecule has 2 aromatic rings. The van der Waals surface area contributed by atoms with Crippen LogP contribution in [0.15, 0.2) is 52.0 Å². The molecule has 1 heterocycles. The number of benzene rings is 1. The van der Waals surface area contributed by atoms with Gasteiger partial charge < -0.3 is 4.74 Å². The molecule has 0 atom stereocenters. The molecule has 0 aliphatic heterocycles. The summed E-state index contributed by atoms with van der Waals surface area (Å²) in [5.74, 6) is -0.278. The van der Waals surface area contributed by atoms with Crippen molar-refractivity contribution in [3.63, 3.8) is 0 Å². The Hall–Kier alpha value is -2.68. The van der Waals surface area contributed by atoms with E-state index in [2.05, 4.69) is 14.8 Å². The van der Waals surface area contributed by atoms with Gasteiger partial charge in [0.25, 0.3) is 10.0 Å². The fraction of sp³-hybridized carbons (Fsp3) is 0.312. The summed E-state index contributed by atoms with van der Waals surface area (Å²) in [5.41, 5.74) is 0.178. The quantitative estimate of drug-likeness (QED) is 0.651. The lowest BCUT2D eigenvalue weighted by Gasteiger charge is -2.20. The van der Waals surface area contributed by atoms with Crippen LogP contribution in [0.2, 0.25) is 0 Å². The molecule has 0 unspecified atom stereocenters. The van der Waals surface area contributed by atoms with Gasteiger partial charge in [-0.2, -0.15) is 13.5 Å². The van der Waals surface area contributed by atoms with Crippen LogP contribution in [0.3, 0.4) is 0 Å². The summed E-state index contributed by atoms with van der Waals surface area (Å²) < 4.78 is 35.0. The number of nitrogens with one attached hydrogen (secondary N) is 1. The summed E-state index contributed by atoms with van der Waals surface area (Å²) in [6.45, 7) is 6.93. The standard InChI is InChI=1S/C16H20N4O4S/c1-12-6-8-13(9-7-12)25(22,23)19-14(20-11-5-10-17-20)18-15(21)24-16(2,3)4/h5-11H,1-4H3,(H,18,19,21). The minimum Gasteiger partial charge on any atom is -0.444 e. The maximum atomic E-state index is 12.5. The van der Waals surface area contributed by atoms with Crippen molar-refractivity contribution in [2.75, 3.05) is 0 Å². The van der Waals surface area contributed by atoms with Crippen molar-refractivity contribution in [2.24, 2.45) is 4.40 Å². The molecule has 25 heavy (non-hydrogen) atoms. The molecule has 9 heteroatoms. The first-order valence-corrected chi connectivity index (χ1v) is 8.92. The van der Waals surface area contributed by atoms with E-state index in [1.807, 2.05) is 6.92 Å². The van der Waals surface area contributed by atoms with Crippen LogP contribution >= 0.6 is 0 Å². The van der Waals surface area contributed by atoms with Crippen LogP contribution in [0.4, 0.5) is 4.79 Å². The Morgan fingerprint density at radius 2 is 1.88 bits per heavy atom. The average Bonchev–Trinajstić information content (AvgIpc) is 2.99. The third kappa shape index (κ3) is 5.42. The van der Waals surface area contributed by atoms with E-state index in [1.54, 1.807) is 39.0 Å². The fourth-order valence-electron chi connectivity index (χ4n) is 1.79. The molecule has 0 spiro atoms. The molecular formula is C16H20N4O4S. The van der Waals surface area contributed by atoms with Gasteiger partial charge in [0, 0.05) is 12.4 Å². The first-order chi connectivity index (χ1) is 11.6. The van der Waals surface area contributed by atoms with Gasteiger partial charge >= 0.3 is 6.09 Å². The predicted molar refractivity (Wildman–Crippen MR) is 92.8 cm³/mol. The zero-order chi connectivity index (χ0) is 18.7. The second-order valence-electron chi connectivity index (χ2n) is 6.28. The largest absolute Gasteiger partial charge is 0.444 e. The van der Waals surface area contributed by atoms with E-state index in [4.69, 9.17) is 4.74 Å². The van der Waals surface area contributed by atoms with Gasteiger partial charge in [0.2, 0.25) is 5.96 Å². The van der Waals surface area contributed by atoms with Crippen molar-refractivity contribution in [2.45, 2.75) is 38.2 Å². The zero-order valence-corrected chi connectivity index (χ0v) is 15.2. The van der Waals surface area contributed by atoms with Crippen molar-refractivity contribution in [1.82, 2.24) is 15.1 Å². The number of ether oxygens (including phenoxy) is 1. The highest BCUT2D eigenvalue weighted by molar-refractivity contribution is 7.90. The van der Waals surface area contributed by atoms with Gasteiger partial charge in [0.1, 0.15) is 5.60 Å². The first kappa shape index (κ1) is 18.7. The Morgan fingerprint density at radius 3 is 2.40 bits per heavy atom. The molecule has 1 N–H and O–H groups in total. The fourth-order valence-corrected chi connectivity index (χ4v) is 2.73. The molecule has 0 radical (unpaired) electrons. The Bertz CT molecular complexity index is 864. The van der Waals surface area contributed by atoms with Gasteiger partial charge in [-0.25, -0.2) is 9.48 Å². The lowest BCUT2D eigenvalue weighted by Crippen LogP contribution is -2.40. The molecule has 134 valence electrons. The summed E-state index contributed by atoms with van der Waals surface area (Å²) in [6.07, 6.45) is 2.06. The molecule has 0 aliphatic carbocycles. The van der Waals surface area contributed by atoms with Crippen molar-refractivity contribution < 1.29 is 17.9 Å². The Kier molecular flexibility index (Phi) is 5.27. The minimum atomic E-state index is -4.03. The molecule has 0 aliphatic rings. The molecule has 1 aromatic heterocycles. The Balaban J connectivity index is 2.37. The van der Waals surface area contributed by atoms with Gasteiger partial charge in [-0.05, 0) is 45.9 Å². The first-order valence-electron chi connectivity index (χ1n) is 7.48. The lowest BCUT2D eigenvalue weighted by molar-refractivity contribution is 0.0561. The van der Waals surface area contributed by atoms with E-state index in [0.29, 0.717) is 0 Å². The maximum Gasteiger partial charge on any atom is 0.414 e. The van der Waals surface area contributed by atoms with Crippen LogP contribution in [0.25, 0.3) is 0 Å². The summed E-state index contributed by atoms with van der Waals surface area (Å²) in [6, 6.07) is 7.80. The molecule has 1 aromatic carbocycles. The van der Waals surface area contributed by atoms with E-state index in [1.165, 1.54) is 24.5 Å². The molecule has 2 rings (SSSR count). The van der Waals surface area contributed by atoms with Crippen molar-refractivity contribution >= 4 is 22.1 Å². The number of sulfonamides is 1. The number of hydrogen-bond acceptors (Lipinski definition) is 5. The molecule has 0 saturated heterocycles. The molecule has 1 amide bonds. The number of carbonyl (C=O) groups is 1. The topological polar surface area (TPSA) is 103 Å². The predicted octanol–water partition coefficient (Wildman–Crippen LogP) is 2.31. The van der Waals surface area contributed by atoms with Gasteiger partial charge in [0.05, 0.1) is 4.90 Å². The monoisotopic (exact) mass is 364 g/mol. The number of carbonyl (C=O) groups excluding carboxylic acids is 1. The van der Waals surface area contributed by atoms with Gasteiger partial charge in [-0.1, -0.05) is 17.7 Å². The van der Waals surface area contributed by atoms with E-state index < -0.39 is 21.7 Å². The van der Waals surface area contributed by atoms with E-state index in [-0.39, 0.29) is 10.9 Å². The third-order valence-electron chi connectivity index (χ3n) is 2.86. The summed E-state index contributed by atoms with van der Waals surface area (Å²) in [5, 5.41) is 6.23. The smallest absolute Gasteiger partial charge is 0.414 e. The van der Waals surface area contributed by atoms with Crippen molar-refractivity contribution in [3.05, 3.63) is 48.3 Å². The van der Waals surface area contributed by atoms with E-state index in [9.17, 15) is 13.2 Å². The average molecular weight is 364 g/mol. The maximum absolute atomic E-state index is 12.5. The van der Waals surface area contributed by atoms with Gasteiger partial charge in [0.15, 0.2) is 0 Å². The number of hydrogen-bond donors (Lipinski definition) is 1. The number of amides is 1. The number of aryl methyl sites for hydroxylation is 1. The van der Waals surface area contributed by atoms with Gasteiger partial charge in [-0.3, -0.25) is 5.32 Å². The van der Waals surface area contributed by atoms with Crippen LogP contribution in [0.1, 0.15) is 26.3 Å². The van der Waals surface area contributed by atoms with Crippen LogP contribution < -0.4 is 5.32 Å². The van der Waals surface area contributed by atoms with Crippen LogP contribution in [0.5, 0.6) is 0 Å². The number of aromatic nitrogens is 2. The number of rotatable bonds is 2. The normalized spacial score (nSPS) is 12.7. The molecule has 0 saturated carbocycles. The number of alkyl carbamates (subject to hydrolysis) is 1. The highest BCUT2D eigenvalue weighted by Gasteiger charge is 2.21. The Morgan fingerprint density at radius 1 is 1.24 bits per heavy atom. The zero-order valence-electron chi connectivity index (χ0n) is 14.4. The highest BCUT2D eigenvalue weighted by Crippen LogP contribution is 2.13. The van der Waals surface area contributed by atoms with E-state index in [0.717, 1.165) is 10.2 Å². The van der Waals surface area contributed by atoms with Crippen LogP contribution in [0, 0.1) is 6.92 Å². The summed E-state index contributed by atoms with van der Waals surface area (Å²) in [7, 11) is -4.03. The van der Waals surface area contributed by atoms with E-state index >= 15 is 0 Å². The Labute approximate surface area is 146 Å². The summed E-state index contributed by atoms with van der Waals surface area (Å²) in [4.78, 5) is 12.0. The third-order valence-corrected chi connectivity index (χ3v) is 4.14. The molecule has 0 bridgehead atoms. The molecule has 0 fully saturated rings. The molecular weight excluding hydrogens is 344 g/mol. The minimum absolute atomic E-state index is 0.00810. The van der Waals surface area contributed by atoms with Crippen molar-refractivity contribution in [3.8, 4) is 0 Å². The second-order valence-corrected chi connectivity index (χ2v) is 7.88. The van der Waals surface area contributed by atoms with Crippen molar-refractivity contribution in [1.29, 1.82) is 0 Å². The SMILES string of the molecule is Cc1ccc(S(=O)(=O)/N=C(\NC(=O)OC(C)(C)C)n2cccn2)cc1. The second kappa shape index (κ2) is 7.06. The highest BCUT2D eigenvalue weighted by atomic mass is 32.2. The van der Waals surface area contributed by atoms with Gasteiger partial charge in [-0.15, -0.1) is 4.40 Å². The number of nitrogens with zero attached hydrogens (tertiary/aromatic N) is 3.